The molecular formula is C14H18N2O3S. The zero-order valence-corrected chi connectivity index (χ0v) is 12.4. The predicted octanol–water partition coefficient (Wildman–Crippen LogP) is 2.46. The van der Waals surface area contributed by atoms with Gasteiger partial charge in [0.2, 0.25) is 0 Å². The van der Waals surface area contributed by atoms with Gasteiger partial charge in [0.25, 0.3) is 5.91 Å². The van der Waals surface area contributed by atoms with Crippen molar-refractivity contribution >= 4 is 17.2 Å². The van der Waals surface area contributed by atoms with Gasteiger partial charge in [0.1, 0.15) is 11.5 Å². The Balaban J connectivity index is 1.96. The summed E-state index contributed by atoms with van der Waals surface area (Å²) in [4.78, 5) is 16.2. The van der Waals surface area contributed by atoms with Crippen LogP contribution in [0.1, 0.15) is 29.6 Å². The van der Waals surface area contributed by atoms with E-state index in [4.69, 9.17) is 9.52 Å². The third kappa shape index (κ3) is 3.68. The van der Waals surface area contributed by atoms with E-state index in [0.29, 0.717) is 29.4 Å². The Bertz CT molecular complexity index is 576. The van der Waals surface area contributed by atoms with Crippen LogP contribution in [0.2, 0.25) is 0 Å². The second-order valence-corrected chi connectivity index (χ2v) is 5.63. The highest BCUT2D eigenvalue weighted by molar-refractivity contribution is 7.13. The quantitative estimate of drug-likeness (QED) is 0.858. The average molecular weight is 294 g/mol. The summed E-state index contributed by atoms with van der Waals surface area (Å²) in [7, 11) is 0. The van der Waals surface area contributed by atoms with E-state index in [1.165, 1.54) is 11.3 Å². The molecule has 0 fully saturated rings. The van der Waals surface area contributed by atoms with Crippen molar-refractivity contribution in [3.8, 4) is 10.8 Å². The van der Waals surface area contributed by atoms with E-state index in [2.05, 4.69) is 10.3 Å². The first-order valence-corrected chi connectivity index (χ1v) is 7.39. The van der Waals surface area contributed by atoms with Crippen molar-refractivity contribution in [2.45, 2.75) is 20.3 Å². The lowest BCUT2D eigenvalue weighted by atomic mass is 10.1. The second-order valence-electron chi connectivity index (χ2n) is 4.78. The van der Waals surface area contributed by atoms with Gasteiger partial charge in [-0.2, -0.15) is 0 Å². The molecular weight excluding hydrogens is 276 g/mol. The van der Waals surface area contributed by atoms with Gasteiger partial charge in [-0.05, 0) is 31.4 Å². The minimum atomic E-state index is -0.194. The van der Waals surface area contributed by atoms with Gasteiger partial charge in [0.05, 0.1) is 0 Å². The summed E-state index contributed by atoms with van der Waals surface area (Å²) in [5.41, 5.74) is 0.398. The summed E-state index contributed by atoms with van der Waals surface area (Å²) in [5.74, 6) is 1.55. The van der Waals surface area contributed by atoms with E-state index in [9.17, 15) is 4.79 Å². The number of rotatable bonds is 6. The van der Waals surface area contributed by atoms with Gasteiger partial charge >= 0.3 is 0 Å². The lowest BCUT2D eigenvalue weighted by Gasteiger charge is -2.09. The Labute approximate surface area is 121 Å². The van der Waals surface area contributed by atoms with Crippen molar-refractivity contribution in [3.05, 3.63) is 29.0 Å². The normalized spacial score (nSPS) is 12.3. The van der Waals surface area contributed by atoms with E-state index >= 15 is 0 Å². The first-order valence-electron chi connectivity index (χ1n) is 6.51. The van der Waals surface area contributed by atoms with Crippen molar-refractivity contribution in [2.75, 3.05) is 13.2 Å². The number of carbonyl (C=O) groups is 1. The summed E-state index contributed by atoms with van der Waals surface area (Å²) in [5, 5.41) is 14.1. The Morgan fingerprint density at radius 1 is 1.55 bits per heavy atom. The van der Waals surface area contributed by atoms with Crippen molar-refractivity contribution in [2.24, 2.45) is 5.92 Å². The van der Waals surface area contributed by atoms with Crippen LogP contribution in [0.5, 0.6) is 0 Å². The Kier molecular flexibility index (Phi) is 4.92. The molecule has 0 aliphatic rings. The van der Waals surface area contributed by atoms with Gasteiger partial charge < -0.3 is 14.8 Å². The molecule has 0 radical (unpaired) electrons. The molecule has 2 aromatic heterocycles. The number of aryl methyl sites for hydroxylation is 1. The summed E-state index contributed by atoms with van der Waals surface area (Å²) in [6, 6.07) is 3.71. The molecule has 2 rings (SSSR count). The zero-order valence-electron chi connectivity index (χ0n) is 11.5. The molecule has 0 aromatic carbocycles. The molecule has 2 N–H and O–H groups in total. The van der Waals surface area contributed by atoms with Crippen molar-refractivity contribution in [3.63, 3.8) is 0 Å². The van der Waals surface area contributed by atoms with E-state index in [-0.39, 0.29) is 18.4 Å². The van der Waals surface area contributed by atoms with E-state index in [1.807, 2.05) is 26.0 Å². The number of carbonyl (C=O) groups excluding carboxylic acids is 1. The maximum atomic E-state index is 11.9. The number of aromatic nitrogens is 1. The molecule has 2 heterocycles. The highest BCUT2D eigenvalue weighted by Crippen LogP contribution is 2.25. The molecule has 0 saturated heterocycles. The highest BCUT2D eigenvalue weighted by atomic mass is 32.1. The average Bonchev–Trinajstić information content (AvgIpc) is 3.04. The number of hydrogen-bond donors (Lipinski definition) is 2. The van der Waals surface area contributed by atoms with Gasteiger partial charge in [-0.3, -0.25) is 4.79 Å². The molecule has 0 aliphatic heterocycles. The molecule has 0 aliphatic carbocycles. The summed E-state index contributed by atoms with van der Waals surface area (Å²) in [6.45, 7) is 4.52. The molecule has 1 amide bonds. The third-order valence-electron chi connectivity index (χ3n) is 2.92. The summed E-state index contributed by atoms with van der Waals surface area (Å²) >= 11 is 1.38. The first kappa shape index (κ1) is 14.7. The summed E-state index contributed by atoms with van der Waals surface area (Å²) < 4.78 is 5.48. The van der Waals surface area contributed by atoms with Crippen LogP contribution in [0.15, 0.2) is 21.9 Å². The number of thiazole rings is 1. The lowest BCUT2D eigenvalue weighted by molar-refractivity contribution is 0.0941. The fourth-order valence-corrected chi connectivity index (χ4v) is 2.48. The van der Waals surface area contributed by atoms with Crippen molar-refractivity contribution in [1.29, 1.82) is 0 Å². The monoisotopic (exact) mass is 294 g/mol. The van der Waals surface area contributed by atoms with Gasteiger partial charge in [-0.25, -0.2) is 4.98 Å². The van der Waals surface area contributed by atoms with Crippen LogP contribution in [0.4, 0.5) is 0 Å². The van der Waals surface area contributed by atoms with Crippen LogP contribution in [0.25, 0.3) is 10.8 Å². The number of hydrogen-bond acceptors (Lipinski definition) is 5. The molecule has 0 spiro atoms. The number of nitrogens with zero attached hydrogens (tertiary/aromatic N) is 1. The third-order valence-corrected chi connectivity index (χ3v) is 3.78. The van der Waals surface area contributed by atoms with Crippen LogP contribution >= 0.6 is 11.3 Å². The number of amides is 1. The largest absolute Gasteiger partial charge is 0.459 e. The fourth-order valence-electron chi connectivity index (χ4n) is 1.72. The lowest BCUT2D eigenvalue weighted by Crippen LogP contribution is -2.28. The van der Waals surface area contributed by atoms with E-state index in [1.54, 1.807) is 5.38 Å². The molecule has 5 nitrogen and oxygen atoms in total. The topological polar surface area (TPSA) is 75.4 Å². The van der Waals surface area contributed by atoms with Crippen LogP contribution < -0.4 is 5.32 Å². The molecule has 1 unspecified atom stereocenters. The van der Waals surface area contributed by atoms with Gasteiger partial charge in [-0.15, -0.1) is 11.3 Å². The number of aliphatic hydroxyl groups excluding tert-OH is 1. The van der Waals surface area contributed by atoms with Crippen molar-refractivity contribution in [1.82, 2.24) is 10.3 Å². The SMILES string of the molecule is Cc1ccc(-c2nc(C(=O)NCC(C)CCO)cs2)o1. The smallest absolute Gasteiger partial charge is 0.270 e. The molecule has 20 heavy (non-hydrogen) atoms. The number of nitrogens with one attached hydrogen (secondary N) is 1. The molecule has 2 aromatic rings. The fraction of sp³-hybridized carbons (Fsp3) is 0.429. The van der Waals surface area contributed by atoms with E-state index < -0.39 is 0 Å². The Morgan fingerprint density at radius 2 is 2.35 bits per heavy atom. The standard InChI is InChI=1S/C14H18N2O3S/c1-9(5-6-17)7-15-13(18)11-8-20-14(16-11)12-4-3-10(2)19-12/h3-4,8-9,17H,5-7H2,1-2H3,(H,15,18). The predicted molar refractivity (Wildman–Crippen MR) is 77.8 cm³/mol. The van der Waals surface area contributed by atoms with Gasteiger partial charge in [0, 0.05) is 18.5 Å². The van der Waals surface area contributed by atoms with Crippen LogP contribution in [-0.4, -0.2) is 29.1 Å². The maximum Gasteiger partial charge on any atom is 0.270 e. The van der Waals surface area contributed by atoms with Crippen molar-refractivity contribution < 1.29 is 14.3 Å². The highest BCUT2D eigenvalue weighted by Gasteiger charge is 2.14. The number of aliphatic hydroxyl groups is 1. The molecule has 6 heteroatoms. The van der Waals surface area contributed by atoms with Crippen LogP contribution in [0, 0.1) is 12.8 Å². The van der Waals surface area contributed by atoms with Crippen LogP contribution in [0.3, 0.4) is 0 Å². The second kappa shape index (κ2) is 6.67. The minimum absolute atomic E-state index is 0.135. The van der Waals surface area contributed by atoms with Gasteiger partial charge in [-0.1, -0.05) is 6.92 Å². The molecule has 0 bridgehead atoms. The zero-order chi connectivity index (χ0) is 14.5. The van der Waals surface area contributed by atoms with Crippen LogP contribution in [-0.2, 0) is 0 Å². The molecule has 108 valence electrons. The van der Waals surface area contributed by atoms with E-state index in [0.717, 1.165) is 5.76 Å². The molecule has 1 atom stereocenters. The minimum Gasteiger partial charge on any atom is -0.459 e. The Morgan fingerprint density at radius 3 is 3.00 bits per heavy atom. The summed E-state index contributed by atoms with van der Waals surface area (Å²) in [6.07, 6.45) is 0.675. The molecule has 0 saturated carbocycles. The maximum absolute atomic E-state index is 11.9. The van der Waals surface area contributed by atoms with Gasteiger partial charge in [0.15, 0.2) is 10.8 Å². The Hall–Kier alpha value is -1.66. The first-order chi connectivity index (χ1) is 9.60. The number of furan rings is 1.